The second-order valence-corrected chi connectivity index (χ2v) is 11.4. The first kappa shape index (κ1) is 23.5. The van der Waals surface area contributed by atoms with E-state index >= 15 is 0 Å². The van der Waals surface area contributed by atoms with Gasteiger partial charge in [0.05, 0.1) is 0 Å². The molecule has 37 heavy (non-hydrogen) atoms. The minimum Gasteiger partial charge on any atom is -0.208 e. The Balaban J connectivity index is 1.55. The fourth-order valence-electron chi connectivity index (χ4n) is 5.45. The third-order valence-corrected chi connectivity index (χ3v) is 7.84. The maximum Gasteiger partial charge on any atom is 0.164 e. The topological polar surface area (TPSA) is 38.7 Å². The molecular weight excluding hydrogens is 457 g/mol. The molecule has 0 saturated heterocycles. The van der Waals surface area contributed by atoms with Crippen LogP contribution in [0.2, 0.25) is 0 Å². The van der Waals surface area contributed by atoms with E-state index in [4.69, 9.17) is 15.0 Å². The van der Waals surface area contributed by atoms with E-state index in [1.165, 1.54) is 23.3 Å². The first-order valence-corrected chi connectivity index (χ1v) is 12.9. The molecule has 1 aromatic heterocycles. The molecule has 0 fully saturated rings. The molecule has 1 aliphatic rings. The van der Waals surface area contributed by atoms with Gasteiger partial charge >= 0.3 is 0 Å². The van der Waals surface area contributed by atoms with Crippen molar-refractivity contribution in [3.05, 3.63) is 102 Å². The van der Waals surface area contributed by atoms with Crippen molar-refractivity contribution >= 4 is 10.8 Å². The Bertz CT molecular complexity index is 1650. The maximum absolute atomic E-state index is 14.1. The van der Waals surface area contributed by atoms with Gasteiger partial charge in [0.25, 0.3) is 0 Å². The molecule has 0 saturated carbocycles. The Morgan fingerprint density at radius 2 is 1.11 bits per heavy atom. The number of fused-ring (bicyclic) bond motifs is 2. The SMILES string of the molecule is CC1(C)CCC(C)(C)c2cc(-c3nc(-c4cccc(F)c4)nc(-c4ccc5ccccc5c4)n3)ccc21. The van der Waals surface area contributed by atoms with Crippen molar-refractivity contribution in [3.8, 4) is 34.2 Å². The zero-order valence-electron chi connectivity index (χ0n) is 21.7. The molecule has 0 N–H and O–H groups in total. The minimum absolute atomic E-state index is 0.0699. The molecule has 0 atom stereocenters. The Kier molecular flexibility index (Phi) is 5.45. The average molecular weight is 488 g/mol. The Labute approximate surface area is 217 Å². The zero-order chi connectivity index (χ0) is 25.8. The number of hydrogen-bond acceptors (Lipinski definition) is 3. The lowest BCUT2D eigenvalue weighted by molar-refractivity contribution is 0.332. The van der Waals surface area contributed by atoms with Gasteiger partial charge in [-0.05, 0) is 69.8 Å². The van der Waals surface area contributed by atoms with E-state index < -0.39 is 0 Å². The van der Waals surface area contributed by atoms with Crippen LogP contribution in [0.5, 0.6) is 0 Å². The van der Waals surface area contributed by atoms with Gasteiger partial charge in [0, 0.05) is 16.7 Å². The summed E-state index contributed by atoms with van der Waals surface area (Å²) in [5, 5.41) is 2.28. The van der Waals surface area contributed by atoms with Crippen LogP contribution in [0.1, 0.15) is 51.7 Å². The number of aromatic nitrogens is 3. The number of halogens is 1. The monoisotopic (exact) mass is 487 g/mol. The van der Waals surface area contributed by atoms with Crippen LogP contribution in [0, 0.1) is 5.82 Å². The molecule has 0 amide bonds. The van der Waals surface area contributed by atoms with E-state index in [0.717, 1.165) is 34.7 Å². The van der Waals surface area contributed by atoms with E-state index in [1.807, 2.05) is 24.3 Å². The third-order valence-electron chi connectivity index (χ3n) is 7.84. The van der Waals surface area contributed by atoms with Crippen molar-refractivity contribution in [2.45, 2.75) is 51.4 Å². The van der Waals surface area contributed by atoms with E-state index in [1.54, 1.807) is 6.07 Å². The lowest BCUT2D eigenvalue weighted by Crippen LogP contribution is -2.33. The molecule has 0 spiro atoms. The summed E-state index contributed by atoms with van der Waals surface area (Å²) in [6.45, 7) is 9.28. The highest BCUT2D eigenvalue weighted by Gasteiger charge is 2.37. The Morgan fingerprint density at radius 3 is 1.78 bits per heavy atom. The first-order valence-electron chi connectivity index (χ1n) is 12.9. The van der Waals surface area contributed by atoms with Crippen LogP contribution in [-0.2, 0) is 10.8 Å². The number of nitrogens with zero attached hydrogens (tertiary/aromatic N) is 3. The normalized spacial score (nSPS) is 15.9. The van der Waals surface area contributed by atoms with Crippen LogP contribution in [0.4, 0.5) is 4.39 Å². The van der Waals surface area contributed by atoms with Crippen LogP contribution in [0.3, 0.4) is 0 Å². The standard InChI is InChI=1S/C33H30FN3/c1-32(2)16-17-33(3,4)28-20-25(14-15-27(28)32)31-36-29(23-10-7-11-26(34)19-23)35-30(37-31)24-13-12-21-8-5-6-9-22(21)18-24/h5-15,18-20H,16-17H2,1-4H3. The highest BCUT2D eigenvalue weighted by Crippen LogP contribution is 2.46. The average Bonchev–Trinajstić information content (AvgIpc) is 2.90. The van der Waals surface area contributed by atoms with Gasteiger partial charge in [0.1, 0.15) is 5.82 Å². The van der Waals surface area contributed by atoms with Gasteiger partial charge in [-0.25, -0.2) is 19.3 Å². The Morgan fingerprint density at radius 1 is 0.541 bits per heavy atom. The van der Waals surface area contributed by atoms with Crippen molar-refractivity contribution in [2.75, 3.05) is 0 Å². The van der Waals surface area contributed by atoms with Crippen LogP contribution < -0.4 is 0 Å². The molecule has 4 heteroatoms. The van der Waals surface area contributed by atoms with Gasteiger partial charge in [-0.1, -0.05) is 88.4 Å². The molecule has 1 heterocycles. The van der Waals surface area contributed by atoms with Gasteiger partial charge < -0.3 is 0 Å². The van der Waals surface area contributed by atoms with Gasteiger partial charge in [0.2, 0.25) is 0 Å². The van der Waals surface area contributed by atoms with Crippen molar-refractivity contribution in [1.82, 2.24) is 15.0 Å². The summed E-state index contributed by atoms with van der Waals surface area (Å²) in [4.78, 5) is 14.6. The smallest absolute Gasteiger partial charge is 0.164 e. The molecule has 4 aromatic carbocycles. The quantitative estimate of drug-likeness (QED) is 0.256. The van der Waals surface area contributed by atoms with Gasteiger partial charge in [-0.2, -0.15) is 0 Å². The summed E-state index contributed by atoms with van der Waals surface area (Å²) in [6.07, 6.45) is 2.29. The maximum atomic E-state index is 14.1. The minimum atomic E-state index is -0.315. The van der Waals surface area contributed by atoms with Crippen LogP contribution >= 0.6 is 0 Å². The summed E-state index contributed by atoms with van der Waals surface area (Å²) in [5.41, 5.74) is 5.42. The molecule has 0 aliphatic heterocycles. The largest absolute Gasteiger partial charge is 0.208 e. The number of benzene rings is 4. The molecule has 6 rings (SSSR count). The molecule has 1 aliphatic carbocycles. The molecule has 0 bridgehead atoms. The summed E-state index contributed by atoms with van der Waals surface area (Å²) in [6, 6.07) is 27.5. The summed E-state index contributed by atoms with van der Waals surface area (Å²) in [7, 11) is 0. The van der Waals surface area contributed by atoms with E-state index in [9.17, 15) is 4.39 Å². The molecular formula is C33H30FN3. The van der Waals surface area contributed by atoms with E-state index in [0.29, 0.717) is 23.0 Å². The molecule has 3 nitrogen and oxygen atoms in total. The lowest BCUT2D eigenvalue weighted by Gasteiger charge is -2.42. The van der Waals surface area contributed by atoms with Gasteiger partial charge in [0.15, 0.2) is 17.5 Å². The van der Waals surface area contributed by atoms with E-state index in [2.05, 4.69) is 70.2 Å². The predicted octanol–water partition coefficient (Wildman–Crippen LogP) is 8.51. The second-order valence-electron chi connectivity index (χ2n) is 11.4. The zero-order valence-corrected chi connectivity index (χ0v) is 21.7. The number of hydrogen-bond donors (Lipinski definition) is 0. The lowest BCUT2D eigenvalue weighted by atomic mass is 9.63. The van der Waals surface area contributed by atoms with Crippen LogP contribution in [-0.4, -0.2) is 15.0 Å². The second kappa shape index (κ2) is 8.58. The third kappa shape index (κ3) is 4.31. The van der Waals surface area contributed by atoms with Gasteiger partial charge in [-0.3, -0.25) is 0 Å². The molecule has 5 aromatic rings. The number of rotatable bonds is 3. The summed E-state index contributed by atoms with van der Waals surface area (Å²) in [5.74, 6) is 1.32. The molecule has 184 valence electrons. The highest BCUT2D eigenvalue weighted by molar-refractivity contribution is 5.86. The van der Waals surface area contributed by atoms with Gasteiger partial charge in [-0.15, -0.1) is 0 Å². The fraction of sp³-hybridized carbons (Fsp3) is 0.242. The molecule has 0 unspecified atom stereocenters. The fourth-order valence-corrected chi connectivity index (χ4v) is 5.45. The van der Waals surface area contributed by atoms with Crippen molar-refractivity contribution in [2.24, 2.45) is 0 Å². The molecule has 0 radical (unpaired) electrons. The van der Waals surface area contributed by atoms with Crippen molar-refractivity contribution in [1.29, 1.82) is 0 Å². The van der Waals surface area contributed by atoms with E-state index in [-0.39, 0.29) is 16.6 Å². The first-order chi connectivity index (χ1) is 17.7. The van der Waals surface area contributed by atoms with Crippen molar-refractivity contribution in [3.63, 3.8) is 0 Å². The Hall–Kier alpha value is -3.92. The van der Waals surface area contributed by atoms with Crippen LogP contribution in [0.15, 0.2) is 84.9 Å². The summed E-state index contributed by atoms with van der Waals surface area (Å²) < 4.78 is 14.1. The predicted molar refractivity (Wildman–Crippen MR) is 149 cm³/mol. The highest BCUT2D eigenvalue weighted by atomic mass is 19.1. The van der Waals surface area contributed by atoms with Crippen LogP contribution in [0.25, 0.3) is 44.9 Å². The summed E-state index contributed by atoms with van der Waals surface area (Å²) >= 11 is 0. The van der Waals surface area contributed by atoms with Crippen molar-refractivity contribution < 1.29 is 4.39 Å².